The number of carbonyl (C=O) groups is 2. The number of aryl methyl sites for hydroxylation is 1. The second-order valence-corrected chi connectivity index (χ2v) is 6.06. The molecule has 6 heteroatoms. The summed E-state index contributed by atoms with van der Waals surface area (Å²) in [7, 11) is 1.72. The van der Waals surface area contributed by atoms with Crippen LogP contribution in [-0.2, 0) is 17.9 Å². The monoisotopic (exact) mass is 350 g/mol. The van der Waals surface area contributed by atoms with Gasteiger partial charge in [0.2, 0.25) is 5.91 Å². The molecule has 3 aromatic rings. The number of aromatic nitrogens is 2. The van der Waals surface area contributed by atoms with Gasteiger partial charge in [-0.25, -0.2) is 4.98 Å². The van der Waals surface area contributed by atoms with Crippen molar-refractivity contribution in [3.05, 3.63) is 66.0 Å². The SMILES string of the molecule is CCn1c(CN(C)C(=O)CNC(=O)c2ccccc2)nc2ccccc21. The molecule has 3 rings (SSSR count). The van der Waals surface area contributed by atoms with E-state index in [1.807, 2.05) is 30.3 Å². The minimum absolute atomic E-state index is 0.0451. The maximum Gasteiger partial charge on any atom is 0.251 e. The summed E-state index contributed by atoms with van der Waals surface area (Å²) in [4.78, 5) is 30.6. The van der Waals surface area contributed by atoms with Gasteiger partial charge < -0.3 is 14.8 Å². The van der Waals surface area contributed by atoms with Crippen LogP contribution in [0.25, 0.3) is 11.0 Å². The summed E-state index contributed by atoms with van der Waals surface area (Å²) >= 11 is 0. The molecule has 0 saturated carbocycles. The van der Waals surface area contributed by atoms with Gasteiger partial charge in [0.1, 0.15) is 5.82 Å². The lowest BCUT2D eigenvalue weighted by Crippen LogP contribution is -2.38. The Morgan fingerprint density at radius 2 is 1.77 bits per heavy atom. The first-order valence-electron chi connectivity index (χ1n) is 8.61. The highest BCUT2D eigenvalue weighted by atomic mass is 16.2. The Bertz CT molecular complexity index is 918. The minimum Gasteiger partial charge on any atom is -0.343 e. The molecule has 2 aromatic carbocycles. The first-order valence-corrected chi connectivity index (χ1v) is 8.61. The molecule has 1 heterocycles. The molecule has 0 saturated heterocycles. The average Bonchev–Trinajstić information content (AvgIpc) is 3.03. The van der Waals surface area contributed by atoms with Crippen molar-refractivity contribution in [1.29, 1.82) is 0 Å². The normalized spacial score (nSPS) is 10.7. The Balaban J connectivity index is 1.63. The fraction of sp³-hybridized carbons (Fsp3) is 0.250. The number of hydrogen-bond donors (Lipinski definition) is 1. The van der Waals surface area contributed by atoms with Gasteiger partial charge in [-0.15, -0.1) is 0 Å². The predicted molar refractivity (Wildman–Crippen MR) is 101 cm³/mol. The molecule has 0 atom stereocenters. The van der Waals surface area contributed by atoms with Crippen LogP contribution in [0.3, 0.4) is 0 Å². The maximum atomic E-state index is 12.4. The molecule has 0 aliphatic rings. The summed E-state index contributed by atoms with van der Waals surface area (Å²) < 4.78 is 2.10. The summed E-state index contributed by atoms with van der Waals surface area (Å²) in [6, 6.07) is 16.8. The third-order valence-electron chi connectivity index (χ3n) is 4.29. The molecule has 1 N–H and O–H groups in total. The van der Waals surface area contributed by atoms with Gasteiger partial charge in [-0.3, -0.25) is 9.59 Å². The fourth-order valence-electron chi connectivity index (χ4n) is 2.88. The van der Waals surface area contributed by atoms with Crippen LogP contribution in [-0.4, -0.2) is 39.9 Å². The smallest absolute Gasteiger partial charge is 0.251 e. The molecular formula is C20H22N4O2. The van der Waals surface area contributed by atoms with Gasteiger partial charge in [-0.05, 0) is 31.2 Å². The van der Waals surface area contributed by atoms with Gasteiger partial charge in [0.25, 0.3) is 5.91 Å². The number of imidazole rings is 1. The number of likely N-dealkylation sites (N-methyl/N-ethyl adjacent to an activating group) is 1. The van der Waals surface area contributed by atoms with Crippen LogP contribution in [0.4, 0.5) is 0 Å². The quantitative estimate of drug-likeness (QED) is 0.742. The lowest BCUT2D eigenvalue weighted by atomic mass is 10.2. The van der Waals surface area contributed by atoms with Crippen LogP contribution in [0.5, 0.6) is 0 Å². The zero-order valence-electron chi connectivity index (χ0n) is 15.0. The predicted octanol–water partition coefficient (Wildman–Crippen LogP) is 2.44. The highest BCUT2D eigenvalue weighted by Crippen LogP contribution is 2.16. The fourth-order valence-corrected chi connectivity index (χ4v) is 2.88. The van der Waals surface area contributed by atoms with Crippen molar-refractivity contribution in [2.24, 2.45) is 0 Å². The Kier molecular flexibility index (Phi) is 5.31. The highest BCUT2D eigenvalue weighted by molar-refractivity contribution is 5.96. The molecule has 0 spiro atoms. The van der Waals surface area contributed by atoms with Crippen LogP contribution < -0.4 is 5.32 Å². The second-order valence-electron chi connectivity index (χ2n) is 6.06. The average molecular weight is 350 g/mol. The Hall–Kier alpha value is -3.15. The molecule has 1 aromatic heterocycles. The summed E-state index contributed by atoms with van der Waals surface area (Å²) in [5, 5.41) is 2.66. The molecule has 26 heavy (non-hydrogen) atoms. The van der Waals surface area contributed by atoms with E-state index < -0.39 is 0 Å². The second kappa shape index (κ2) is 7.82. The van der Waals surface area contributed by atoms with Crippen molar-refractivity contribution in [2.45, 2.75) is 20.0 Å². The third-order valence-corrected chi connectivity index (χ3v) is 4.29. The largest absolute Gasteiger partial charge is 0.343 e. The van der Waals surface area contributed by atoms with E-state index in [2.05, 4.69) is 21.8 Å². The van der Waals surface area contributed by atoms with E-state index in [0.29, 0.717) is 12.1 Å². The van der Waals surface area contributed by atoms with Gasteiger partial charge in [-0.1, -0.05) is 30.3 Å². The third kappa shape index (κ3) is 3.74. The van der Waals surface area contributed by atoms with Crippen LogP contribution >= 0.6 is 0 Å². The standard InChI is InChI=1S/C20H22N4O2/c1-3-24-17-12-8-7-11-16(17)22-18(24)14-23(2)19(25)13-21-20(26)15-9-5-4-6-10-15/h4-12H,3,13-14H2,1-2H3,(H,21,26). The van der Waals surface area contributed by atoms with E-state index in [1.54, 1.807) is 36.2 Å². The van der Waals surface area contributed by atoms with Crippen LogP contribution in [0, 0.1) is 0 Å². The summed E-state index contributed by atoms with van der Waals surface area (Å²) in [6.45, 7) is 3.18. The molecule has 0 fully saturated rings. The van der Waals surface area contributed by atoms with E-state index >= 15 is 0 Å². The van der Waals surface area contributed by atoms with Crippen LogP contribution in [0.15, 0.2) is 54.6 Å². The number of amides is 2. The van der Waals surface area contributed by atoms with Gasteiger partial charge in [0.05, 0.1) is 24.1 Å². The number of carbonyl (C=O) groups excluding carboxylic acids is 2. The first kappa shape index (κ1) is 17.7. The number of rotatable bonds is 6. The Morgan fingerprint density at radius 3 is 2.50 bits per heavy atom. The topological polar surface area (TPSA) is 67.2 Å². The van der Waals surface area contributed by atoms with Crippen molar-refractivity contribution in [3.63, 3.8) is 0 Å². The van der Waals surface area contributed by atoms with Crippen molar-refractivity contribution in [2.75, 3.05) is 13.6 Å². The molecule has 2 amide bonds. The van der Waals surface area contributed by atoms with E-state index in [-0.39, 0.29) is 18.4 Å². The number of hydrogen-bond acceptors (Lipinski definition) is 3. The van der Waals surface area contributed by atoms with E-state index in [1.165, 1.54) is 0 Å². The zero-order chi connectivity index (χ0) is 18.5. The molecule has 0 radical (unpaired) electrons. The number of fused-ring (bicyclic) bond motifs is 1. The van der Waals surface area contributed by atoms with E-state index in [9.17, 15) is 9.59 Å². The molecule has 134 valence electrons. The van der Waals surface area contributed by atoms with E-state index in [0.717, 1.165) is 23.4 Å². The van der Waals surface area contributed by atoms with E-state index in [4.69, 9.17) is 0 Å². The van der Waals surface area contributed by atoms with Gasteiger partial charge in [0.15, 0.2) is 0 Å². The molecule has 0 unspecified atom stereocenters. The highest BCUT2D eigenvalue weighted by Gasteiger charge is 2.16. The van der Waals surface area contributed by atoms with Gasteiger partial charge >= 0.3 is 0 Å². The van der Waals surface area contributed by atoms with Crippen LogP contribution in [0.2, 0.25) is 0 Å². The van der Waals surface area contributed by atoms with Gasteiger partial charge in [-0.2, -0.15) is 0 Å². The number of nitrogens with one attached hydrogen (secondary N) is 1. The zero-order valence-corrected chi connectivity index (χ0v) is 15.0. The van der Waals surface area contributed by atoms with Crippen molar-refractivity contribution < 1.29 is 9.59 Å². The van der Waals surface area contributed by atoms with Crippen molar-refractivity contribution in [1.82, 2.24) is 19.8 Å². The number of nitrogens with zero attached hydrogens (tertiary/aromatic N) is 3. The summed E-state index contributed by atoms with van der Waals surface area (Å²) in [6.07, 6.45) is 0. The number of para-hydroxylation sites is 2. The molecular weight excluding hydrogens is 328 g/mol. The number of benzene rings is 2. The van der Waals surface area contributed by atoms with Crippen LogP contribution in [0.1, 0.15) is 23.1 Å². The Labute approximate surface area is 152 Å². The molecule has 0 aliphatic heterocycles. The summed E-state index contributed by atoms with van der Waals surface area (Å²) in [5.41, 5.74) is 2.52. The Morgan fingerprint density at radius 1 is 1.08 bits per heavy atom. The van der Waals surface area contributed by atoms with Crippen molar-refractivity contribution in [3.8, 4) is 0 Å². The minimum atomic E-state index is -0.256. The maximum absolute atomic E-state index is 12.4. The van der Waals surface area contributed by atoms with Gasteiger partial charge in [0, 0.05) is 19.2 Å². The lowest BCUT2D eigenvalue weighted by Gasteiger charge is -2.18. The molecule has 0 bridgehead atoms. The molecule has 6 nitrogen and oxygen atoms in total. The van der Waals surface area contributed by atoms with Crippen molar-refractivity contribution >= 4 is 22.8 Å². The summed E-state index contributed by atoms with van der Waals surface area (Å²) in [5.74, 6) is 0.413. The first-order chi connectivity index (χ1) is 12.6. The molecule has 0 aliphatic carbocycles. The lowest BCUT2D eigenvalue weighted by molar-refractivity contribution is -0.129.